The maximum Gasteiger partial charge on any atom is 0.276 e. The third-order valence-corrected chi connectivity index (χ3v) is 7.92. The Bertz CT molecular complexity index is 1430. The van der Waals surface area contributed by atoms with Gasteiger partial charge in [0, 0.05) is 61.9 Å². The molecule has 1 N–H and O–H groups in total. The highest BCUT2D eigenvalue weighted by Crippen LogP contribution is 2.26. The third-order valence-electron chi connectivity index (χ3n) is 7.92. The van der Waals surface area contributed by atoms with Crippen molar-refractivity contribution >= 4 is 11.5 Å². The summed E-state index contributed by atoms with van der Waals surface area (Å²) in [7, 11) is 4.34. The fourth-order valence-corrected chi connectivity index (χ4v) is 5.67. The normalized spacial score (nSPS) is 18.8. The first-order chi connectivity index (χ1) is 17.5. The lowest BCUT2D eigenvalue weighted by Gasteiger charge is -2.34. The molecule has 0 amide bonds. The molecule has 6 rings (SSSR count). The lowest BCUT2D eigenvalue weighted by Crippen LogP contribution is -2.45. The van der Waals surface area contributed by atoms with Crippen LogP contribution in [0.3, 0.4) is 0 Å². The Morgan fingerprint density at radius 3 is 2.72 bits per heavy atom. The average Bonchev–Trinajstić information content (AvgIpc) is 3.41. The Balaban J connectivity index is 1.23. The van der Waals surface area contributed by atoms with Crippen molar-refractivity contribution in [2.45, 2.75) is 38.8 Å². The van der Waals surface area contributed by atoms with Crippen LogP contribution in [-0.4, -0.2) is 80.3 Å². The molecule has 1 atom stereocenters. The van der Waals surface area contributed by atoms with Crippen LogP contribution >= 0.6 is 0 Å². The summed E-state index contributed by atoms with van der Waals surface area (Å²) < 4.78 is 3.89. The number of likely N-dealkylation sites (N-methyl/N-ethyl adjacent to an activating group) is 2. The quantitative estimate of drug-likeness (QED) is 0.466. The van der Waals surface area contributed by atoms with E-state index in [0.717, 1.165) is 74.6 Å². The van der Waals surface area contributed by atoms with E-state index < -0.39 is 0 Å². The zero-order valence-corrected chi connectivity index (χ0v) is 21.3. The van der Waals surface area contributed by atoms with Gasteiger partial charge in [0.25, 0.3) is 5.56 Å². The average molecular weight is 487 g/mol. The Hall–Kier alpha value is -3.43. The Kier molecular flexibility index (Phi) is 5.89. The molecule has 2 aliphatic rings. The topological polar surface area (TPSA) is 77.7 Å². The zero-order chi connectivity index (χ0) is 24.8. The van der Waals surface area contributed by atoms with Gasteiger partial charge >= 0.3 is 0 Å². The summed E-state index contributed by atoms with van der Waals surface area (Å²) in [5.74, 6) is 1.86. The number of aromatic amines is 1. The van der Waals surface area contributed by atoms with Gasteiger partial charge < -0.3 is 9.80 Å². The summed E-state index contributed by atoms with van der Waals surface area (Å²) in [6, 6.07) is 12.3. The van der Waals surface area contributed by atoms with Gasteiger partial charge in [0.1, 0.15) is 11.5 Å². The SMILES string of the molecule is Cc1c(CN(C)C2CCc3[nH]n(-c4ccccn4)c(=O)c3C2)nc2cccc(N3CCN(C)CC3)n12. The molecule has 36 heavy (non-hydrogen) atoms. The van der Waals surface area contributed by atoms with Crippen molar-refractivity contribution in [1.82, 2.24) is 33.9 Å². The number of hydrogen-bond acceptors (Lipinski definition) is 6. The molecule has 1 aliphatic carbocycles. The van der Waals surface area contributed by atoms with Crippen LogP contribution < -0.4 is 10.5 Å². The van der Waals surface area contributed by atoms with E-state index in [4.69, 9.17) is 4.98 Å². The smallest absolute Gasteiger partial charge is 0.276 e. The van der Waals surface area contributed by atoms with Crippen LogP contribution in [0.25, 0.3) is 11.5 Å². The maximum atomic E-state index is 13.2. The van der Waals surface area contributed by atoms with Crippen LogP contribution in [0, 0.1) is 6.92 Å². The van der Waals surface area contributed by atoms with Crippen LogP contribution in [0.15, 0.2) is 47.4 Å². The number of aryl methyl sites for hydroxylation is 2. The molecule has 5 heterocycles. The Morgan fingerprint density at radius 1 is 1.11 bits per heavy atom. The molecule has 9 nitrogen and oxygen atoms in total. The van der Waals surface area contributed by atoms with Crippen LogP contribution in [0.1, 0.15) is 29.1 Å². The van der Waals surface area contributed by atoms with Crippen molar-refractivity contribution < 1.29 is 0 Å². The molecule has 1 fully saturated rings. The predicted octanol–water partition coefficient (Wildman–Crippen LogP) is 2.26. The molecule has 1 saturated heterocycles. The van der Waals surface area contributed by atoms with E-state index in [1.165, 1.54) is 11.5 Å². The lowest BCUT2D eigenvalue weighted by atomic mass is 9.92. The second-order valence-electron chi connectivity index (χ2n) is 10.2. The van der Waals surface area contributed by atoms with Gasteiger partial charge in [-0.05, 0) is 64.5 Å². The van der Waals surface area contributed by atoms with E-state index in [-0.39, 0.29) is 5.56 Å². The highest BCUT2D eigenvalue weighted by molar-refractivity contribution is 5.55. The number of fused-ring (bicyclic) bond motifs is 2. The number of anilines is 1. The monoisotopic (exact) mass is 486 g/mol. The number of pyridine rings is 2. The first-order valence-electron chi connectivity index (χ1n) is 12.8. The van der Waals surface area contributed by atoms with Gasteiger partial charge in [0.15, 0.2) is 5.82 Å². The summed E-state index contributed by atoms with van der Waals surface area (Å²) in [6.45, 7) is 7.14. The van der Waals surface area contributed by atoms with E-state index in [1.807, 2.05) is 18.2 Å². The highest BCUT2D eigenvalue weighted by atomic mass is 16.1. The van der Waals surface area contributed by atoms with Gasteiger partial charge in [-0.2, -0.15) is 0 Å². The molecular formula is C27H34N8O. The second kappa shape index (κ2) is 9.22. The number of hydrogen-bond donors (Lipinski definition) is 1. The standard InChI is InChI=1S/C27H34N8O/c1-19-23(29-25-8-6-9-26(34(19)25)33-15-13-31(2)14-16-33)18-32(3)20-10-11-22-21(17-20)27(36)35(30-22)24-7-4-5-12-28-24/h4-9,12,20,30H,10-11,13-18H2,1-3H3. The molecule has 1 unspecified atom stereocenters. The van der Waals surface area contributed by atoms with Gasteiger partial charge in [-0.15, -0.1) is 0 Å². The molecule has 9 heteroatoms. The number of H-pyrrole nitrogens is 1. The highest BCUT2D eigenvalue weighted by Gasteiger charge is 2.28. The molecule has 4 aromatic rings. The van der Waals surface area contributed by atoms with E-state index in [0.29, 0.717) is 11.9 Å². The number of piperazine rings is 1. The summed E-state index contributed by atoms with van der Waals surface area (Å²) in [5, 5.41) is 3.29. The van der Waals surface area contributed by atoms with E-state index in [1.54, 1.807) is 10.9 Å². The number of aromatic nitrogens is 5. The van der Waals surface area contributed by atoms with Crippen molar-refractivity contribution in [1.29, 1.82) is 0 Å². The van der Waals surface area contributed by atoms with Crippen LogP contribution in [0.2, 0.25) is 0 Å². The van der Waals surface area contributed by atoms with Crippen LogP contribution in [-0.2, 0) is 19.4 Å². The Morgan fingerprint density at radius 2 is 1.94 bits per heavy atom. The maximum absolute atomic E-state index is 13.2. The van der Waals surface area contributed by atoms with Crippen molar-refractivity contribution in [3.8, 4) is 5.82 Å². The van der Waals surface area contributed by atoms with Gasteiger partial charge in [-0.25, -0.2) is 14.6 Å². The molecule has 0 radical (unpaired) electrons. The number of nitrogens with one attached hydrogen (secondary N) is 1. The molecule has 0 aromatic carbocycles. The van der Waals surface area contributed by atoms with Gasteiger partial charge in [-0.1, -0.05) is 12.1 Å². The minimum absolute atomic E-state index is 0.0162. The van der Waals surface area contributed by atoms with Crippen molar-refractivity contribution in [2.24, 2.45) is 0 Å². The van der Waals surface area contributed by atoms with Gasteiger partial charge in [0.05, 0.1) is 5.69 Å². The Labute approximate surface area is 211 Å². The first-order valence-corrected chi connectivity index (χ1v) is 12.8. The molecular weight excluding hydrogens is 452 g/mol. The van der Waals surface area contributed by atoms with E-state index in [9.17, 15) is 4.79 Å². The molecule has 0 spiro atoms. The third kappa shape index (κ3) is 4.02. The van der Waals surface area contributed by atoms with E-state index in [2.05, 4.69) is 68.4 Å². The van der Waals surface area contributed by atoms with Crippen molar-refractivity contribution in [3.63, 3.8) is 0 Å². The molecule has 4 aromatic heterocycles. The number of nitrogens with zero attached hydrogens (tertiary/aromatic N) is 7. The summed E-state index contributed by atoms with van der Waals surface area (Å²) >= 11 is 0. The van der Waals surface area contributed by atoms with Crippen molar-refractivity contribution in [2.75, 3.05) is 45.2 Å². The number of rotatable bonds is 5. The predicted molar refractivity (Wildman–Crippen MR) is 141 cm³/mol. The lowest BCUT2D eigenvalue weighted by molar-refractivity contribution is 0.211. The minimum atomic E-state index is 0.0162. The van der Waals surface area contributed by atoms with Crippen molar-refractivity contribution in [3.05, 3.63) is 75.6 Å². The molecule has 188 valence electrons. The van der Waals surface area contributed by atoms with Crippen LogP contribution in [0.5, 0.6) is 0 Å². The van der Waals surface area contributed by atoms with Gasteiger partial charge in [-0.3, -0.25) is 19.2 Å². The molecule has 0 saturated carbocycles. The zero-order valence-electron chi connectivity index (χ0n) is 21.3. The first kappa shape index (κ1) is 23.0. The second-order valence-corrected chi connectivity index (χ2v) is 10.2. The summed E-state index contributed by atoms with van der Waals surface area (Å²) in [4.78, 5) is 29.8. The van der Waals surface area contributed by atoms with E-state index >= 15 is 0 Å². The number of imidazole rings is 1. The minimum Gasteiger partial charge on any atom is -0.355 e. The summed E-state index contributed by atoms with van der Waals surface area (Å²) in [6.07, 6.45) is 4.31. The molecule has 0 bridgehead atoms. The fraction of sp³-hybridized carbons (Fsp3) is 0.444. The largest absolute Gasteiger partial charge is 0.355 e. The molecule has 1 aliphatic heterocycles. The summed E-state index contributed by atoms with van der Waals surface area (Å²) in [5.41, 5.74) is 5.24. The van der Waals surface area contributed by atoms with Crippen LogP contribution in [0.4, 0.5) is 5.82 Å². The fourth-order valence-electron chi connectivity index (χ4n) is 5.67. The van der Waals surface area contributed by atoms with Gasteiger partial charge in [0.2, 0.25) is 0 Å².